The lowest BCUT2D eigenvalue weighted by Crippen LogP contribution is -2.30. The summed E-state index contributed by atoms with van der Waals surface area (Å²) in [6.07, 6.45) is 3.34. The summed E-state index contributed by atoms with van der Waals surface area (Å²) in [5.74, 6) is 0.0143. The van der Waals surface area contributed by atoms with E-state index in [2.05, 4.69) is 16.4 Å². The molecule has 0 saturated carbocycles. The van der Waals surface area contributed by atoms with Crippen molar-refractivity contribution in [3.05, 3.63) is 53.9 Å². The van der Waals surface area contributed by atoms with Crippen LogP contribution in [0.3, 0.4) is 0 Å². The van der Waals surface area contributed by atoms with Gasteiger partial charge in [-0.2, -0.15) is 0 Å². The van der Waals surface area contributed by atoms with Gasteiger partial charge in [0.25, 0.3) is 5.91 Å². The molecule has 1 N–H and O–H groups in total. The molecular formula is C17H21N3O. The number of benzene rings is 1. The average Bonchev–Trinajstić information content (AvgIpc) is 2.48. The van der Waals surface area contributed by atoms with Gasteiger partial charge in [-0.05, 0) is 44.5 Å². The van der Waals surface area contributed by atoms with Gasteiger partial charge in [0.15, 0.2) is 0 Å². The summed E-state index contributed by atoms with van der Waals surface area (Å²) in [5.41, 5.74) is 3.60. The van der Waals surface area contributed by atoms with Crippen LogP contribution in [-0.4, -0.2) is 28.9 Å². The highest BCUT2D eigenvalue weighted by atomic mass is 16.2. The van der Waals surface area contributed by atoms with Gasteiger partial charge in [-0.1, -0.05) is 12.1 Å². The van der Waals surface area contributed by atoms with E-state index in [4.69, 9.17) is 0 Å². The molecule has 0 unspecified atom stereocenters. The molecule has 0 spiro atoms. The Kier molecular flexibility index (Phi) is 4.93. The van der Waals surface area contributed by atoms with Crippen LogP contribution >= 0.6 is 0 Å². The highest BCUT2D eigenvalue weighted by Gasteiger charge is 2.13. The second kappa shape index (κ2) is 6.88. The molecule has 110 valence electrons. The molecule has 1 amide bonds. The minimum Gasteiger partial charge on any atom is -0.354 e. The molecule has 21 heavy (non-hydrogen) atoms. The van der Waals surface area contributed by atoms with Gasteiger partial charge in [0.2, 0.25) is 0 Å². The predicted octanol–water partition coefficient (Wildman–Crippen LogP) is 3.62. The number of anilines is 2. The standard InChI is InChI=1S/C17H21N3O/c1-4-20(5-2)17(21)14-10-16(12-18-11-14)19-15-8-6-7-13(3)9-15/h6-12,19H,4-5H2,1-3H3. The number of pyridine rings is 1. The highest BCUT2D eigenvalue weighted by molar-refractivity contribution is 5.94. The summed E-state index contributed by atoms with van der Waals surface area (Å²) >= 11 is 0. The molecular weight excluding hydrogens is 262 g/mol. The van der Waals surface area contributed by atoms with Crippen LogP contribution < -0.4 is 5.32 Å². The van der Waals surface area contributed by atoms with E-state index in [0.29, 0.717) is 18.7 Å². The van der Waals surface area contributed by atoms with Crippen molar-refractivity contribution in [2.45, 2.75) is 20.8 Å². The minimum absolute atomic E-state index is 0.0143. The van der Waals surface area contributed by atoms with E-state index in [1.165, 1.54) is 5.56 Å². The van der Waals surface area contributed by atoms with Gasteiger partial charge in [0.05, 0.1) is 17.4 Å². The fourth-order valence-corrected chi connectivity index (χ4v) is 2.21. The van der Waals surface area contributed by atoms with Gasteiger partial charge in [0.1, 0.15) is 0 Å². The molecule has 1 aromatic carbocycles. The number of hydrogen-bond donors (Lipinski definition) is 1. The fraction of sp³-hybridized carbons (Fsp3) is 0.294. The zero-order valence-corrected chi connectivity index (χ0v) is 12.8. The van der Waals surface area contributed by atoms with E-state index in [9.17, 15) is 4.79 Å². The van der Waals surface area contributed by atoms with Crippen molar-refractivity contribution < 1.29 is 4.79 Å². The number of carbonyl (C=O) groups excluding carboxylic acids is 1. The van der Waals surface area contributed by atoms with E-state index in [1.807, 2.05) is 45.0 Å². The molecule has 0 saturated heterocycles. The van der Waals surface area contributed by atoms with Crippen molar-refractivity contribution in [3.8, 4) is 0 Å². The van der Waals surface area contributed by atoms with Crippen molar-refractivity contribution in [1.29, 1.82) is 0 Å². The second-order valence-corrected chi connectivity index (χ2v) is 4.93. The summed E-state index contributed by atoms with van der Waals surface area (Å²) in [4.78, 5) is 18.3. The fourth-order valence-electron chi connectivity index (χ4n) is 2.21. The summed E-state index contributed by atoms with van der Waals surface area (Å²) < 4.78 is 0. The molecule has 0 fully saturated rings. The van der Waals surface area contributed by atoms with E-state index in [1.54, 1.807) is 17.3 Å². The third-order valence-corrected chi connectivity index (χ3v) is 3.34. The smallest absolute Gasteiger partial charge is 0.255 e. The van der Waals surface area contributed by atoms with E-state index in [0.717, 1.165) is 11.4 Å². The van der Waals surface area contributed by atoms with Gasteiger partial charge in [-0.15, -0.1) is 0 Å². The first-order valence-electron chi connectivity index (χ1n) is 7.22. The highest BCUT2D eigenvalue weighted by Crippen LogP contribution is 2.18. The molecule has 0 bridgehead atoms. The normalized spacial score (nSPS) is 10.2. The Labute approximate surface area is 125 Å². The Morgan fingerprint density at radius 2 is 1.90 bits per heavy atom. The minimum atomic E-state index is 0.0143. The largest absolute Gasteiger partial charge is 0.354 e. The maximum Gasteiger partial charge on any atom is 0.255 e. The number of amides is 1. The second-order valence-electron chi connectivity index (χ2n) is 4.93. The van der Waals surface area contributed by atoms with Crippen molar-refractivity contribution in [2.24, 2.45) is 0 Å². The zero-order chi connectivity index (χ0) is 15.2. The van der Waals surface area contributed by atoms with Crippen molar-refractivity contribution in [1.82, 2.24) is 9.88 Å². The zero-order valence-electron chi connectivity index (χ0n) is 12.8. The number of nitrogens with zero attached hydrogens (tertiary/aromatic N) is 2. The Morgan fingerprint density at radius 1 is 1.14 bits per heavy atom. The molecule has 0 radical (unpaired) electrons. The lowest BCUT2D eigenvalue weighted by molar-refractivity contribution is 0.0772. The third kappa shape index (κ3) is 3.81. The molecule has 0 aliphatic carbocycles. The summed E-state index contributed by atoms with van der Waals surface area (Å²) in [7, 11) is 0. The van der Waals surface area contributed by atoms with Crippen LogP contribution in [0.2, 0.25) is 0 Å². The van der Waals surface area contributed by atoms with Crippen LogP contribution in [0, 0.1) is 6.92 Å². The van der Waals surface area contributed by atoms with Crippen molar-refractivity contribution >= 4 is 17.3 Å². The number of hydrogen-bond acceptors (Lipinski definition) is 3. The molecule has 0 atom stereocenters. The monoisotopic (exact) mass is 283 g/mol. The molecule has 0 aliphatic rings. The Hall–Kier alpha value is -2.36. The Morgan fingerprint density at radius 3 is 2.57 bits per heavy atom. The maximum absolute atomic E-state index is 12.3. The molecule has 1 heterocycles. The number of aryl methyl sites for hydroxylation is 1. The number of aromatic nitrogens is 1. The van der Waals surface area contributed by atoms with Crippen molar-refractivity contribution in [2.75, 3.05) is 18.4 Å². The molecule has 4 heteroatoms. The van der Waals surface area contributed by atoms with E-state index in [-0.39, 0.29) is 5.91 Å². The van der Waals surface area contributed by atoms with Gasteiger partial charge in [-0.25, -0.2) is 0 Å². The SMILES string of the molecule is CCN(CC)C(=O)c1cncc(Nc2cccc(C)c2)c1. The topological polar surface area (TPSA) is 45.2 Å². The third-order valence-electron chi connectivity index (χ3n) is 3.34. The predicted molar refractivity (Wildman–Crippen MR) is 86.0 cm³/mol. The lowest BCUT2D eigenvalue weighted by Gasteiger charge is -2.18. The molecule has 2 rings (SSSR count). The van der Waals surface area contributed by atoms with E-state index >= 15 is 0 Å². The van der Waals surface area contributed by atoms with Gasteiger partial charge >= 0.3 is 0 Å². The van der Waals surface area contributed by atoms with Crippen LogP contribution in [0.5, 0.6) is 0 Å². The number of carbonyl (C=O) groups is 1. The molecule has 4 nitrogen and oxygen atoms in total. The summed E-state index contributed by atoms with van der Waals surface area (Å²) in [5, 5.41) is 3.28. The van der Waals surface area contributed by atoms with Crippen LogP contribution in [0.4, 0.5) is 11.4 Å². The average molecular weight is 283 g/mol. The van der Waals surface area contributed by atoms with Gasteiger partial charge < -0.3 is 10.2 Å². The molecule has 1 aromatic heterocycles. The molecule has 2 aromatic rings. The first-order chi connectivity index (χ1) is 10.1. The van der Waals surface area contributed by atoms with Crippen LogP contribution in [-0.2, 0) is 0 Å². The maximum atomic E-state index is 12.3. The van der Waals surface area contributed by atoms with Crippen LogP contribution in [0.15, 0.2) is 42.7 Å². The summed E-state index contributed by atoms with van der Waals surface area (Å²) in [6, 6.07) is 9.93. The van der Waals surface area contributed by atoms with Gasteiger partial charge in [0, 0.05) is 25.0 Å². The number of rotatable bonds is 5. The quantitative estimate of drug-likeness (QED) is 0.911. The van der Waals surface area contributed by atoms with Gasteiger partial charge in [-0.3, -0.25) is 9.78 Å². The van der Waals surface area contributed by atoms with Crippen LogP contribution in [0.25, 0.3) is 0 Å². The lowest BCUT2D eigenvalue weighted by atomic mass is 10.2. The summed E-state index contributed by atoms with van der Waals surface area (Å²) in [6.45, 7) is 7.40. The first kappa shape index (κ1) is 15.0. The van der Waals surface area contributed by atoms with Crippen LogP contribution in [0.1, 0.15) is 29.8 Å². The van der Waals surface area contributed by atoms with Crippen molar-refractivity contribution in [3.63, 3.8) is 0 Å². The van der Waals surface area contributed by atoms with E-state index < -0.39 is 0 Å². The molecule has 0 aliphatic heterocycles. The Balaban J connectivity index is 2.20. The Bertz CT molecular complexity index is 621. The number of nitrogens with one attached hydrogen (secondary N) is 1. The first-order valence-corrected chi connectivity index (χ1v) is 7.22.